The molecule has 0 aliphatic rings. The van der Waals surface area contributed by atoms with Crippen LogP contribution in [0.15, 0.2) is 23.6 Å². The monoisotopic (exact) mass is 261 g/mol. The molecule has 1 unspecified atom stereocenters. The third-order valence-corrected chi connectivity index (χ3v) is 3.34. The van der Waals surface area contributed by atoms with Gasteiger partial charge < -0.3 is 5.32 Å². The van der Waals surface area contributed by atoms with E-state index in [4.69, 9.17) is 5.26 Å². The smallest absolute Gasteiger partial charge is 0.147 e. The first-order valence-electron chi connectivity index (χ1n) is 5.48. The maximum Gasteiger partial charge on any atom is 0.147 e. The van der Waals surface area contributed by atoms with E-state index in [0.29, 0.717) is 11.3 Å². The van der Waals surface area contributed by atoms with E-state index in [-0.39, 0.29) is 6.04 Å². The van der Waals surface area contributed by atoms with Crippen molar-refractivity contribution in [2.45, 2.75) is 19.9 Å². The molecule has 0 bridgehead atoms. The molecule has 0 radical (unpaired) electrons. The lowest BCUT2D eigenvalue weighted by Gasteiger charge is -2.13. The molecule has 5 heteroatoms. The number of thiazole rings is 1. The second-order valence-electron chi connectivity index (χ2n) is 3.96. The van der Waals surface area contributed by atoms with Gasteiger partial charge in [-0.2, -0.15) is 5.26 Å². The summed E-state index contributed by atoms with van der Waals surface area (Å²) >= 11 is 1.57. The highest BCUT2D eigenvalue weighted by atomic mass is 32.1. The van der Waals surface area contributed by atoms with Gasteiger partial charge in [0.1, 0.15) is 5.82 Å². The van der Waals surface area contributed by atoms with Crippen LogP contribution in [0.5, 0.6) is 0 Å². The molecule has 3 nitrogen and oxygen atoms in total. The number of nitriles is 1. The third-order valence-electron chi connectivity index (χ3n) is 2.55. The van der Waals surface area contributed by atoms with Crippen molar-refractivity contribution >= 4 is 17.0 Å². The summed E-state index contributed by atoms with van der Waals surface area (Å²) in [5, 5.41) is 14.7. The van der Waals surface area contributed by atoms with Gasteiger partial charge in [0.25, 0.3) is 0 Å². The van der Waals surface area contributed by atoms with Crippen LogP contribution in [0.4, 0.5) is 10.1 Å². The Hall–Kier alpha value is -1.93. The normalized spacial score (nSPS) is 11.9. The van der Waals surface area contributed by atoms with Crippen LogP contribution in [0.3, 0.4) is 0 Å². The zero-order valence-corrected chi connectivity index (χ0v) is 10.9. The van der Waals surface area contributed by atoms with Crippen LogP contribution in [0.2, 0.25) is 0 Å². The molecule has 1 aromatic carbocycles. The minimum atomic E-state index is -0.423. The lowest BCUT2D eigenvalue weighted by atomic mass is 10.2. The van der Waals surface area contributed by atoms with E-state index < -0.39 is 5.82 Å². The van der Waals surface area contributed by atoms with Gasteiger partial charge in [-0.25, -0.2) is 9.37 Å². The van der Waals surface area contributed by atoms with Crippen LogP contribution in [0, 0.1) is 24.1 Å². The molecule has 0 aliphatic carbocycles. The molecule has 18 heavy (non-hydrogen) atoms. The van der Waals surface area contributed by atoms with Gasteiger partial charge in [-0.15, -0.1) is 11.3 Å². The summed E-state index contributed by atoms with van der Waals surface area (Å²) < 4.78 is 13.7. The van der Waals surface area contributed by atoms with E-state index in [1.165, 1.54) is 6.07 Å². The average Bonchev–Trinajstić information content (AvgIpc) is 2.78. The highest BCUT2D eigenvalue weighted by molar-refractivity contribution is 7.09. The summed E-state index contributed by atoms with van der Waals surface area (Å²) in [7, 11) is 0. The Morgan fingerprint density at radius 3 is 2.83 bits per heavy atom. The van der Waals surface area contributed by atoms with Crippen LogP contribution in [0.25, 0.3) is 0 Å². The Balaban J connectivity index is 2.17. The molecule has 0 spiro atoms. The average molecular weight is 261 g/mol. The third kappa shape index (κ3) is 2.66. The van der Waals surface area contributed by atoms with E-state index in [2.05, 4.69) is 10.3 Å². The Kier molecular flexibility index (Phi) is 3.58. The van der Waals surface area contributed by atoms with Crippen molar-refractivity contribution in [1.82, 2.24) is 4.98 Å². The molecule has 1 heterocycles. The molecule has 1 N–H and O–H groups in total. The first kappa shape index (κ1) is 12.5. The van der Waals surface area contributed by atoms with E-state index in [9.17, 15) is 4.39 Å². The van der Waals surface area contributed by atoms with Crippen molar-refractivity contribution < 1.29 is 4.39 Å². The van der Waals surface area contributed by atoms with Crippen LogP contribution in [0.1, 0.15) is 29.2 Å². The molecule has 2 aromatic rings. The van der Waals surface area contributed by atoms with Crippen molar-refractivity contribution in [3.05, 3.63) is 45.7 Å². The van der Waals surface area contributed by atoms with Crippen molar-refractivity contribution in [1.29, 1.82) is 5.26 Å². The highest BCUT2D eigenvalue weighted by Crippen LogP contribution is 2.23. The second kappa shape index (κ2) is 5.15. The Bertz CT molecular complexity index is 601. The number of hydrogen-bond acceptors (Lipinski definition) is 4. The lowest BCUT2D eigenvalue weighted by molar-refractivity contribution is 0.626. The molecule has 0 saturated carbocycles. The number of halogens is 1. The minimum Gasteiger partial charge on any atom is -0.375 e. The molecule has 1 atom stereocenters. The van der Waals surface area contributed by atoms with Crippen LogP contribution in [-0.2, 0) is 0 Å². The number of nitrogens with zero attached hydrogens (tertiary/aromatic N) is 2. The van der Waals surface area contributed by atoms with Gasteiger partial charge in [-0.1, -0.05) is 0 Å². The molecule has 1 aromatic heterocycles. The Morgan fingerprint density at radius 1 is 1.50 bits per heavy atom. The largest absolute Gasteiger partial charge is 0.375 e. The van der Waals surface area contributed by atoms with Gasteiger partial charge in [0, 0.05) is 5.38 Å². The molecule has 0 saturated heterocycles. The van der Waals surface area contributed by atoms with Crippen molar-refractivity contribution in [3.63, 3.8) is 0 Å². The standard InChI is InChI=1S/C13H12FN3S/c1-8(13-7-18-9(2)17-13)16-12-4-3-10(6-15)5-11(12)14/h3-5,7-8,16H,1-2H3. The van der Waals surface area contributed by atoms with Gasteiger partial charge >= 0.3 is 0 Å². The molecule has 0 fully saturated rings. The Morgan fingerprint density at radius 2 is 2.28 bits per heavy atom. The number of hydrogen-bond donors (Lipinski definition) is 1. The highest BCUT2D eigenvalue weighted by Gasteiger charge is 2.11. The summed E-state index contributed by atoms with van der Waals surface area (Å²) in [5.74, 6) is -0.423. The van der Waals surface area contributed by atoms with Gasteiger partial charge in [0.15, 0.2) is 0 Å². The molecular formula is C13H12FN3S. The summed E-state index contributed by atoms with van der Waals surface area (Å²) in [6, 6.07) is 6.22. The van der Waals surface area contributed by atoms with E-state index in [1.807, 2.05) is 25.3 Å². The molecule has 0 amide bonds. The van der Waals surface area contributed by atoms with Crippen LogP contribution >= 0.6 is 11.3 Å². The zero-order chi connectivity index (χ0) is 13.1. The molecular weight excluding hydrogens is 249 g/mol. The first-order valence-corrected chi connectivity index (χ1v) is 6.36. The fourth-order valence-corrected chi connectivity index (χ4v) is 2.29. The maximum atomic E-state index is 13.7. The maximum absolute atomic E-state index is 13.7. The number of benzene rings is 1. The first-order chi connectivity index (χ1) is 8.60. The summed E-state index contributed by atoms with van der Waals surface area (Å²) in [6.45, 7) is 3.86. The molecule has 92 valence electrons. The minimum absolute atomic E-state index is 0.0719. The van der Waals surface area contributed by atoms with Crippen molar-refractivity contribution in [2.24, 2.45) is 0 Å². The van der Waals surface area contributed by atoms with E-state index in [0.717, 1.165) is 10.7 Å². The lowest BCUT2D eigenvalue weighted by Crippen LogP contribution is -2.08. The molecule has 2 rings (SSSR count). The predicted octanol–water partition coefficient (Wildman–Crippen LogP) is 3.64. The number of anilines is 1. The van der Waals surface area contributed by atoms with Gasteiger partial charge in [-0.05, 0) is 32.0 Å². The Labute approximate surface area is 109 Å². The fraction of sp³-hybridized carbons (Fsp3) is 0.231. The summed E-state index contributed by atoms with van der Waals surface area (Å²) in [4.78, 5) is 4.35. The van der Waals surface area contributed by atoms with Crippen LogP contribution < -0.4 is 5.32 Å². The van der Waals surface area contributed by atoms with Gasteiger partial charge in [0.05, 0.1) is 34.1 Å². The van der Waals surface area contributed by atoms with E-state index >= 15 is 0 Å². The van der Waals surface area contributed by atoms with Gasteiger partial charge in [0.2, 0.25) is 0 Å². The number of nitrogens with one attached hydrogen (secondary N) is 1. The second-order valence-corrected chi connectivity index (χ2v) is 5.03. The number of aromatic nitrogens is 1. The fourth-order valence-electron chi connectivity index (χ4n) is 1.59. The van der Waals surface area contributed by atoms with E-state index in [1.54, 1.807) is 23.5 Å². The summed E-state index contributed by atoms with van der Waals surface area (Å²) in [6.07, 6.45) is 0. The van der Waals surface area contributed by atoms with Crippen LogP contribution in [-0.4, -0.2) is 4.98 Å². The summed E-state index contributed by atoms with van der Waals surface area (Å²) in [5.41, 5.74) is 1.59. The zero-order valence-electron chi connectivity index (χ0n) is 10.1. The number of rotatable bonds is 3. The SMILES string of the molecule is Cc1nc(C(C)Nc2ccc(C#N)cc2F)cs1. The topological polar surface area (TPSA) is 48.7 Å². The van der Waals surface area contributed by atoms with Gasteiger partial charge in [-0.3, -0.25) is 0 Å². The predicted molar refractivity (Wildman–Crippen MR) is 70.0 cm³/mol. The molecule has 0 aliphatic heterocycles. The number of aryl methyl sites for hydroxylation is 1. The quantitative estimate of drug-likeness (QED) is 0.917. The van der Waals surface area contributed by atoms with Crippen molar-refractivity contribution in [3.8, 4) is 6.07 Å². The van der Waals surface area contributed by atoms with Crippen molar-refractivity contribution in [2.75, 3.05) is 5.32 Å².